The molecule has 1 rings (SSSR count). The van der Waals surface area contributed by atoms with Crippen LogP contribution in [0, 0.1) is 3.57 Å². The van der Waals surface area contributed by atoms with E-state index in [1.807, 2.05) is 0 Å². The number of carboxylic acids is 1. The molecule has 5 heteroatoms. The zero-order chi connectivity index (χ0) is 9.84. The first-order chi connectivity index (χ1) is 6.15. The summed E-state index contributed by atoms with van der Waals surface area (Å²) in [7, 11) is 1.59. The number of methoxy groups -OCH3 is 1. The summed E-state index contributed by atoms with van der Waals surface area (Å²) in [6.45, 7) is 1.09. The molecule has 0 spiro atoms. The summed E-state index contributed by atoms with van der Waals surface area (Å²) in [6.07, 6.45) is 1.79. The number of nitrogens with zero attached hydrogens (tertiary/aromatic N) is 1. The van der Waals surface area contributed by atoms with Gasteiger partial charge in [-0.3, -0.25) is 0 Å². The fourth-order valence-corrected chi connectivity index (χ4v) is 1.66. The van der Waals surface area contributed by atoms with E-state index in [2.05, 4.69) is 22.6 Å². The summed E-state index contributed by atoms with van der Waals surface area (Å²) >= 11 is 2.09. The molecule has 0 radical (unpaired) electrons. The predicted molar refractivity (Wildman–Crippen MR) is 56.0 cm³/mol. The second-order valence-electron chi connectivity index (χ2n) is 2.53. The van der Waals surface area contributed by atoms with E-state index in [-0.39, 0.29) is 0 Å². The van der Waals surface area contributed by atoms with E-state index in [1.165, 1.54) is 0 Å². The van der Waals surface area contributed by atoms with Crippen molar-refractivity contribution in [3.05, 3.63) is 21.5 Å². The molecule has 0 bridgehead atoms. The van der Waals surface area contributed by atoms with Crippen LogP contribution in [-0.2, 0) is 11.3 Å². The Balaban J connectivity index is 2.84. The SMILES string of the molecule is COCCn1cc(I)cc1C(=O)O. The molecule has 0 atom stereocenters. The molecule has 1 N–H and O–H groups in total. The van der Waals surface area contributed by atoms with Gasteiger partial charge in [0, 0.05) is 23.4 Å². The molecule has 72 valence electrons. The third kappa shape index (κ3) is 2.70. The number of carboxylic acid groups (broad SMARTS) is 1. The van der Waals surface area contributed by atoms with Gasteiger partial charge in [-0.1, -0.05) is 0 Å². The largest absolute Gasteiger partial charge is 0.477 e. The highest BCUT2D eigenvalue weighted by atomic mass is 127. The summed E-state index contributed by atoms with van der Waals surface area (Å²) in [5.41, 5.74) is 0.307. The molecule has 0 aliphatic heterocycles. The van der Waals surface area contributed by atoms with Crippen LogP contribution in [0.1, 0.15) is 10.5 Å². The first-order valence-corrected chi connectivity index (χ1v) is 4.81. The second-order valence-corrected chi connectivity index (χ2v) is 3.78. The fraction of sp³-hybridized carbons (Fsp3) is 0.375. The van der Waals surface area contributed by atoms with Crippen molar-refractivity contribution in [3.63, 3.8) is 0 Å². The van der Waals surface area contributed by atoms with E-state index in [9.17, 15) is 4.79 Å². The monoisotopic (exact) mass is 295 g/mol. The lowest BCUT2D eigenvalue weighted by Crippen LogP contribution is -2.10. The predicted octanol–water partition coefficient (Wildman–Crippen LogP) is 1.44. The number of halogens is 1. The molecular weight excluding hydrogens is 285 g/mol. The Labute approximate surface area is 89.6 Å². The first kappa shape index (κ1) is 10.5. The molecule has 0 aliphatic carbocycles. The maximum atomic E-state index is 10.7. The zero-order valence-corrected chi connectivity index (χ0v) is 9.32. The van der Waals surface area contributed by atoms with Crippen molar-refractivity contribution in [2.24, 2.45) is 0 Å². The third-order valence-corrected chi connectivity index (χ3v) is 2.21. The molecular formula is C8H10INO3. The van der Waals surface area contributed by atoms with Crippen LogP contribution in [0.15, 0.2) is 12.3 Å². The minimum Gasteiger partial charge on any atom is -0.477 e. The summed E-state index contributed by atoms with van der Waals surface area (Å²) in [5, 5.41) is 8.81. The van der Waals surface area contributed by atoms with Gasteiger partial charge in [-0.25, -0.2) is 4.79 Å². The molecule has 4 nitrogen and oxygen atoms in total. The number of rotatable bonds is 4. The van der Waals surface area contributed by atoms with Crippen LogP contribution in [0.3, 0.4) is 0 Å². The second kappa shape index (κ2) is 4.61. The molecule has 1 aromatic rings. The third-order valence-electron chi connectivity index (χ3n) is 1.62. The number of aromatic nitrogens is 1. The maximum absolute atomic E-state index is 10.7. The van der Waals surface area contributed by atoms with E-state index in [0.29, 0.717) is 18.8 Å². The lowest BCUT2D eigenvalue weighted by atomic mass is 10.4. The number of carbonyl (C=O) groups is 1. The average molecular weight is 295 g/mol. The highest BCUT2D eigenvalue weighted by Crippen LogP contribution is 2.11. The summed E-state index contributed by atoms with van der Waals surface area (Å²) in [6, 6.07) is 1.64. The van der Waals surface area contributed by atoms with Crippen molar-refractivity contribution in [3.8, 4) is 0 Å². The van der Waals surface area contributed by atoms with Crippen LogP contribution in [0.25, 0.3) is 0 Å². The Bertz CT molecular complexity index is 308. The molecule has 0 aliphatic rings. The van der Waals surface area contributed by atoms with Crippen LogP contribution in [-0.4, -0.2) is 29.4 Å². The van der Waals surface area contributed by atoms with E-state index >= 15 is 0 Å². The van der Waals surface area contributed by atoms with Crippen molar-refractivity contribution in [2.45, 2.75) is 6.54 Å². The highest BCUT2D eigenvalue weighted by Gasteiger charge is 2.10. The highest BCUT2D eigenvalue weighted by molar-refractivity contribution is 14.1. The van der Waals surface area contributed by atoms with Crippen molar-refractivity contribution in [1.82, 2.24) is 4.57 Å². The lowest BCUT2D eigenvalue weighted by Gasteiger charge is -2.03. The number of hydrogen-bond donors (Lipinski definition) is 1. The summed E-state index contributed by atoms with van der Waals surface area (Å²) < 4.78 is 7.47. The summed E-state index contributed by atoms with van der Waals surface area (Å²) in [5.74, 6) is -0.904. The van der Waals surface area contributed by atoms with Gasteiger partial charge in [0.25, 0.3) is 0 Å². The molecule has 0 amide bonds. The molecule has 1 aromatic heterocycles. The van der Waals surface area contributed by atoms with E-state index in [1.54, 1.807) is 23.9 Å². The van der Waals surface area contributed by atoms with Crippen LogP contribution in [0.5, 0.6) is 0 Å². The van der Waals surface area contributed by atoms with Crippen molar-refractivity contribution >= 4 is 28.6 Å². The molecule has 1 heterocycles. The van der Waals surface area contributed by atoms with Gasteiger partial charge in [-0.15, -0.1) is 0 Å². The van der Waals surface area contributed by atoms with Crippen LogP contribution < -0.4 is 0 Å². The summed E-state index contributed by atoms with van der Waals surface area (Å²) in [4.78, 5) is 10.7. The number of aromatic carboxylic acids is 1. The van der Waals surface area contributed by atoms with E-state index in [4.69, 9.17) is 9.84 Å². The van der Waals surface area contributed by atoms with Crippen LogP contribution >= 0.6 is 22.6 Å². The van der Waals surface area contributed by atoms with Gasteiger partial charge in [0.1, 0.15) is 5.69 Å². The van der Waals surface area contributed by atoms with Gasteiger partial charge in [0.05, 0.1) is 6.61 Å². The Morgan fingerprint density at radius 3 is 3.00 bits per heavy atom. The quantitative estimate of drug-likeness (QED) is 0.855. The lowest BCUT2D eigenvalue weighted by molar-refractivity contribution is 0.0682. The minimum atomic E-state index is -0.904. The molecule has 0 saturated heterocycles. The van der Waals surface area contributed by atoms with Gasteiger partial charge >= 0.3 is 5.97 Å². The Morgan fingerprint density at radius 2 is 2.46 bits per heavy atom. The van der Waals surface area contributed by atoms with Crippen molar-refractivity contribution < 1.29 is 14.6 Å². The van der Waals surface area contributed by atoms with E-state index < -0.39 is 5.97 Å². The standard InChI is InChI=1S/C8H10INO3/c1-13-3-2-10-5-6(9)4-7(10)8(11)12/h4-5H,2-3H2,1H3,(H,11,12). The normalized spacial score (nSPS) is 10.3. The fourth-order valence-electron chi connectivity index (χ4n) is 1.03. The van der Waals surface area contributed by atoms with Gasteiger partial charge in [-0.05, 0) is 28.7 Å². The van der Waals surface area contributed by atoms with Gasteiger partial charge < -0.3 is 14.4 Å². The van der Waals surface area contributed by atoms with Gasteiger partial charge in [0.15, 0.2) is 0 Å². The molecule has 0 fully saturated rings. The zero-order valence-electron chi connectivity index (χ0n) is 7.16. The van der Waals surface area contributed by atoms with Crippen molar-refractivity contribution in [1.29, 1.82) is 0 Å². The molecule has 13 heavy (non-hydrogen) atoms. The van der Waals surface area contributed by atoms with Crippen LogP contribution in [0.4, 0.5) is 0 Å². The topological polar surface area (TPSA) is 51.5 Å². The van der Waals surface area contributed by atoms with E-state index in [0.717, 1.165) is 3.57 Å². The molecule has 0 aromatic carbocycles. The minimum absolute atomic E-state index is 0.307. The van der Waals surface area contributed by atoms with Gasteiger partial charge in [-0.2, -0.15) is 0 Å². The number of ether oxygens (including phenoxy) is 1. The molecule has 0 unspecified atom stereocenters. The Morgan fingerprint density at radius 1 is 1.77 bits per heavy atom. The Kier molecular flexibility index (Phi) is 3.73. The van der Waals surface area contributed by atoms with Crippen LogP contribution in [0.2, 0.25) is 0 Å². The average Bonchev–Trinajstić information content (AvgIpc) is 2.43. The van der Waals surface area contributed by atoms with Crippen molar-refractivity contribution in [2.75, 3.05) is 13.7 Å². The van der Waals surface area contributed by atoms with Gasteiger partial charge in [0.2, 0.25) is 0 Å². The molecule has 0 saturated carbocycles. The first-order valence-electron chi connectivity index (χ1n) is 3.73. The smallest absolute Gasteiger partial charge is 0.352 e. The Hall–Kier alpha value is -0.560. The maximum Gasteiger partial charge on any atom is 0.352 e. The number of hydrogen-bond acceptors (Lipinski definition) is 2.